The summed E-state index contributed by atoms with van der Waals surface area (Å²) >= 11 is 0. The van der Waals surface area contributed by atoms with E-state index >= 15 is 0 Å². The largest absolute Gasteiger partial charge is 0.0622 e. The lowest BCUT2D eigenvalue weighted by Crippen LogP contribution is -2.13. The van der Waals surface area contributed by atoms with Gasteiger partial charge in [-0.25, -0.2) is 0 Å². The zero-order valence-corrected chi connectivity index (χ0v) is 8.07. The van der Waals surface area contributed by atoms with Gasteiger partial charge in [0.05, 0.1) is 0 Å². The highest BCUT2D eigenvalue weighted by atomic mass is 14.3. The van der Waals surface area contributed by atoms with Gasteiger partial charge in [0, 0.05) is 5.41 Å². The van der Waals surface area contributed by atoms with Gasteiger partial charge in [-0.1, -0.05) is 51.0 Å². The molecule has 1 aliphatic carbocycles. The first kappa shape index (κ1) is 8.58. The van der Waals surface area contributed by atoms with E-state index < -0.39 is 0 Å². The van der Waals surface area contributed by atoms with E-state index in [0.29, 0.717) is 5.41 Å². The van der Waals surface area contributed by atoms with Crippen LogP contribution in [-0.4, -0.2) is 0 Å². The van der Waals surface area contributed by atoms with Crippen molar-refractivity contribution in [2.45, 2.75) is 40.5 Å². The molecule has 0 heteroatoms. The SMILES string of the molecule is CCC1=CC=C(CC)C1(C)C. The third-order valence-electron chi connectivity index (χ3n) is 2.85. The average molecular weight is 150 g/mol. The number of hydrogen-bond donors (Lipinski definition) is 0. The van der Waals surface area contributed by atoms with Gasteiger partial charge < -0.3 is 0 Å². The predicted molar refractivity (Wildman–Crippen MR) is 50.5 cm³/mol. The van der Waals surface area contributed by atoms with Crippen molar-refractivity contribution in [3.8, 4) is 0 Å². The van der Waals surface area contributed by atoms with Crippen LogP contribution in [0.2, 0.25) is 0 Å². The Bertz CT molecular complexity index is 182. The molecule has 0 bridgehead atoms. The Kier molecular flexibility index (Phi) is 2.22. The van der Waals surface area contributed by atoms with E-state index in [0.717, 1.165) is 0 Å². The van der Waals surface area contributed by atoms with Crippen LogP contribution in [0.5, 0.6) is 0 Å². The second kappa shape index (κ2) is 2.84. The van der Waals surface area contributed by atoms with Crippen LogP contribution < -0.4 is 0 Å². The van der Waals surface area contributed by atoms with Crippen LogP contribution in [0.15, 0.2) is 23.3 Å². The maximum atomic E-state index is 2.32. The highest BCUT2D eigenvalue weighted by Crippen LogP contribution is 2.42. The lowest BCUT2D eigenvalue weighted by molar-refractivity contribution is 0.518. The minimum absolute atomic E-state index is 0.351. The minimum Gasteiger partial charge on any atom is -0.0622 e. The molecule has 0 saturated carbocycles. The molecule has 1 rings (SSSR count). The Morgan fingerprint density at radius 2 is 1.36 bits per heavy atom. The van der Waals surface area contributed by atoms with Crippen molar-refractivity contribution in [2.24, 2.45) is 5.41 Å². The molecular formula is C11H18. The summed E-state index contributed by atoms with van der Waals surface area (Å²) in [6, 6.07) is 0. The Morgan fingerprint density at radius 1 is 1.00 bits per heavy atom. The highest BCUT2D eigenvalue weighted by Gasteiger charge is 2.28. The average Bonchev–Trinajstić information content (AvgIpc) is 2.24. The fourth-order valence-electron chi connectivity index (χ4n) is 1.94. The van der Waals surface area contributed by atoms with Gasteiger partial charge in [-0.3, -0.25) is 0 Å². The molecule has 62 valence electrons. The molecule has 0 aromatic carbocycles. The lowest BCUT2D eigenvalue weighted by Gasteiger charge is -2.26. The van der Waals surface area contributed by atoms with Gasteiger partial charge in [-0.05, 0) is 12.8 Å². The maximum Gasteiger partial charge on any atom is 0.00700 e. The molecule has 0 radical (unpaired) electrons. The van der Waals surface area contributed by atoms with Gasteiger partial charge >= 0.3 is 0 Å². The van der Waals surface area contributed by atoms with E-state index in [2.05, 4.69) is 39.8 Å². The summed E-state index contributed by atoms with van der Waals surface area (Å²) in [6.45, 7) is 9.12. The molecule has 1 aliphatic rings. The van der Waals surface area contributed by atoms with Crippen LogP contribution in [0.4, 0.5) is 0 Å². The van der Waals surface area contributed by atoms with Crippen LogP contribution >= 0.6 is 0 Å². The fourth-order valence-corrected chi connectivity index (χ4v) is 1.94. The Hall–Kier alpha value is -0.520. The fraction of sp³-hybridized carbons (Fsp3) is 0.636. The van der Waals surface area contributed by atoms with E-state index in [9.17, 15) is 0 Å². The molecule has 0 nitrogen and oxygen atoms in total. The first-order chi connectivity index (χ1) is 5.12. The number of allylic oxidation sites excluding steroid dienone is 4. The maximum absolute atomic E-state index is 2.32. The summed E-state index contributed by atoms with van der Waals surface area (Å²) in [7, 11) is 0. The van der Waals surface area contributed by atoms with E-state index in [-0.39, 0.29) is 0 Å². The van der Waals surface area contributed by atoms with Gasteiger partial charge in [0.2, 0.25) is 0 Å². The molecule has 0 fully saturated rings. The molecule has 0 aromatic rings. The summed E-state index contributed by atoms with van der Waals surface area (Å²) in [6.07, 6.45) is 6.96. The van der Waals surface area contributed by atoms with Gasteiger partial charge in [0.25, 0.3) is 0 Å². The monoisotopic (exact) mass is 150 g/mol. The molecule has 0 spiro atoms. The van der Waals surface area contributed by atoms with Gasteiger partial charge in [0.1, 0.15) is 0 Å². The van der Waals surface area contributed by atoms with Crippen molar-refractivity contribution in [3.63, 3.8) is 0 Å². The van der Waals surface area contributed by atoms with Crippen molar-refractivity contribution < 1.29 is 0 Å². The van der Waals surface area contributed by atoms with E-state index in [1.54, 1.807) is 11.1 Å². The zero-order valence-electron chi connectivity index (χ0n) is 8.07. The predicted octanol–water partition coefficient (Wildman–Crippen LogP) is 3.70. The quantitative estimate of drug-likeness (QED) is 0.563. The van der Waals surface area contributed by atoms with Gasteiger partial charge in [-0.2, -0.15) is 0 Å². The molecule has 0 saturated heterocycles. The smallest absolute Gasteiger partial charge is 0.00700 e. The molecule has 0 aliphatic heterocycles. The zero-order chi connectivity index (χ0) is 8.48. The van der Waals surface area contributed by atoms with Crippen molar-refractivity contribution in [2.75, 3.05) is 0 Å². The van der Waals surface area contributed by atoms with Gasteiger partial charge in [0.15, 0.2) is 0 Å². The second-order valence-corrected chi connectivity index (χ2v) is 3.72. The first-order valence-corrected chi connectivity index (χ1v) is 4.53. The van der Waals surface area contributed by atoms with E-state index in [1.807, 2.05) is 0 Å². The third-order valence-corrected chi connectivity index (χ3v) is 2.85. The Labute approximate surface area is 70.0 Å². The number of rotatable bonds is 2. The number of hydrogen-bond acceptors (Lipinski definition) is 0. The third kappa shape index (κ3) is 1.26. The molecule has 11 heavy (non-hydrogen) atoms. The van der Waals surface area contributed by atoms with Crippen LogP contribution in [0, 0.1) is 5.41 Å². The van der Waals surface area contributed by atoms with E-state index in [4.69, 9.17) is 0 Å². The molecular weight excluding hydrogens is 132 g/mol. The first-order valence-electron chi connectivity index (χ1n) is 4.53. The summed E-state index contributed by atoms with van der Waals surface area (Å²) in [5, 5.41) is 0. The van der Waals surface area contributed by atoms with Crippen molar-refractivity contribution in [1.82, 2.24) is 0 Å². The normalized spacial score (nSPS) is 21.5. The van der Waals surface area contributed by atoms with Crippen molar-refractivity contribution in [1.29, 1.82) is 0 Å². The molecule has 0 atom stereocenters. The molecule has 0 unspecified atom stereocenters. The standard InChI is InChI=1S/C11H18/c1-5-9-7-8-10(6-2)11(9,3)4/h7-8H,5-6H2,1-4H3. The second-order valence-electron chi connectivity index (χ2n) is 3.72. The van der Waals surface area contributed by atoms with Crippen molar-refractivity contribution >= 4 is 0 Å². The van der Waals surface area contributed by atoms with Crippen molar-refractivity contribution in [3.05, 3.63) is 23.3 Å². The van der Waals surface area contributed by atoms with Gasteiger partial charge in [-0.15, -0.1) is 0 Å². The van der Waals surface area contributed by atoms with Crippen LogP contribution in [0.1, 0.15) is 40.5 Å². The van der Waals surface area contributed by atoms with Crippen LogP contribution in [0.3, 0.4) is 0 Å². The molecule has 0 amide bonds. The van der Waals surface area contributed by atoms with Crippen LogP contribution in [0.25, 0.3) is 0 Å². The highest BCUT2D eigenvalue weighted by molar-refractivity contribution is 5.38. The molecule has 0 N–H and O–H groups in total. The van der Waals surface area contributed by atoms with Crippen LogP contribution in [-0.2, 0) is 0 Å². The topological polar surface area (TPSA) is 0 Å². The van der Waals surface area contributed by atoms with E-state index in [1.165, 1.54) is 12.8 Å². The lowest BCUT2D eigenvalue weighted by atomic mass is 9.79. The summed E-state index contributed by atoms with van der Waals surface area (Å²) in [5.74, 6) is 0. The summed E-state index contributed by atoms with van der Waals surface area (Å²) < 4.78 is 0. The molecule has 0 heterocycles. The Morgan fingerprint density at radius 3 is 1.55 bits per heavy atom. The minimum atomic E-state index is 0.351. The molecule has 0 aromatic heterocycles. The summed E-state index contributed by atoms with van der Waals surface area (Å²) in [5.41, 5.74) is 3.51. The Balaban J connectivity index is 2.85. The summed E-state index contributed by atoms with van der Waals surface area (Å²) in [4.78, 5) is 0.